The van der Waals surface area contributed by atoms with Gasteiger partial charge < -0.3 is 4.74 Å². The van der Waals surface area contributed by atoms with E-state index in [1.54, 1.807) is 10.4 Å². The van der Waals surface area contributed by atoms with Gasteiger partial charge in [0.25, 0.3) is 0 Å². The van der Waals surface area contributed by atoms with Gasteiger partial charge in [-0.15, -0.1) is 11.3 Å². The molecule has 3 rings (SSSR count). The van der Waals surface area contributed by atoms with Crippen molar-refractivity contribution in [1.29, 1.82) is 0 Å². The molecule has 1 unspecified atom stereocenters. The van der Waals surface area contributed by atoms with Crippen LogP contribution in [0, 0.1) is 6.92 Å². The number of nitrogens with zero attached hydrogens (tertiary/aromatic N) is 1. The molecule has 0 N–H and O–H groups in total. The quantitative estimate of drug-likeness (QED) is 0.723. The lowest BCUT2D eigenvalue weighted by Gasteiger charge is -2.31. The Kier molecular flexibility index (Phi) is 2.54. The van der Waals surface area contributed by atoms with Crippen molar-refractivity contribution >= 4 is 11.3 Å². The van der Waals surface area contributed by atoms with E-state index >= 15 is 0 Å². The summed E-state index contributed by atoms with van der Waals surface area (Å²) in [7, 11) is 0. The van der Waals surface area contributed by atoms with Crippen molar-refractivity contribution in [3.05, 3.63) is 21.4 Å². The van der Waals surface area contributed by atoms with Crippen LogP contribution in [-0.2, 0) is 17.7 Å². The highest BCUT2D eigenvalue weighted by Gasteiger charge is 2.27. The molecule has 82 valence electrons. The van der Waals surface area contributed by atoms with Crippen LogP contribution in [-0.4, -0.2) is 30.7 Å². The summed E-state index contributed by atoms with van der Waals surface area (Å²) in [6, 6.07) is 3.04. The van der Waals surface area contributed by atoms with Gasteiger partial charge in [-0.2, -0.15) is 0 Å². The van der Waals surface area contributed by atoms with Crippen LogP contribution in [0.5, 0.6) is 0 Å². The highest BCUT2D eigenvalue weighted by atomic mass is 32.1. The lowest BCUT2D eigenvalue weighted by Crippen LogP contribution is -2.38. The zero-order valence-electron chi connectivity index (χ0n) is 9.16. The molecule has 0 radical (unpaired) electrons. The van der Waals surface area contributed by atoms with Gasteiger partial charge in [-0.1, -0.05) is 0 Å². The molecule has 0 aromatic carbocycles. The van der Waals surface area contributed by atoms with Crippen LogP contribution in [0.1, 0.15) is 21.7 Å². The molecule has 3 heteroatoms. The standard InChI is InChI=1S/C12H17NOS/c1-9-6-10-2-4-13(7-12(10)15-9)11-3-5-14-8-11/h6,11H,2-5,7-8H2,1H3. The van der Waals surface area contributed by atoms with E-state index in [4.69, 9.17) is 4.74 Å². The van der Waals surface area contributed by atoms with Gasteiger partial charge in [0.15, 0.2) is 0 Å². The minimum Gasteiger partial charge on any atom is -0.380 e. The van der Waals surface area contributed by atoms with Crippen LogP contribution in [0.3, 0.4) is 0 Å². The monoisotopic (exact) mass is 223 g/mol. The lowest BCUT2D eigenvalue weighted by molar-refractivity contribution is 0.136. The fourth-order valence-corrected chi connectivity index (χ4v) is 3.72. The third-order valence-electron chi connectivity index (χ3n) is 3.46. The van der Waals surface area contributed by atoms with Crippen LogP contribution in [0.2, 0.25) is 0 Å². The molecule has 1 fully saturated rings. The molecule has 1 atom stereocenters. The highest BCUT2D eigenvalue weighted by Crippen LogP contribution is 2.29. The minimum absolute atomic E-state index is 0.681. The maximum absolute atomic E-state index is 5.47. The first-order valence-electron chi connectivity index (χ1n) is 5.73. The van der Waals surface area contributed by atoms with E-state index in [0.717, 1.165) is 19.8 Å². The van der Waals surface area contributed by atoms with E-state index in [-0.39, 0.29) is 0 Å². The molecule has 0 saturated carbocycles. The van der Waals surface area contributed by atoms with Gasteiger partial charge >= 0.3 is 0 Å². The maximum atomic E-state index is 5.47. The summed E-state index contributed by atoms with van der Waals surface area (Å²) in [6.45, 7) is 6.49. The Hall–Kier alpha value is -0.380. The van der Waals surface area contributed by atoms with E-state index in [1.165, 1.54) is 24.3 Å². The van der Waals surface area contributed by atoms with Gasteiger partial charge in [-0.25, -0.2) is 0 Å². The average Bonchev–Trinajstić information content (AvgIpc) is 2.82. The summed E-state index contributed by atoms with van der Waals surface area (Å²) >= 11 is 1.97. The molecule has 3 heterocycles. The van der Waals surface area contributed by atoms with Crippen LogP contribution in [0.4, 0.5) is 0 Å². The summed E-state index contributed by atoms with van der Waals surface area (Å²) in [5.74, 6) is 0. The molecule has 2 nitrogen and oxygen atoms in total. The number of ether oxygens (including phenoxy) is 1. The van der Waals surface area contributed by atoms with Gasteiger partial charge in [0.1, 0.15) is 0 Å². The Morgan fingerprint density at radius 2 is 2.47 bits per heavy atom. The number of aryl methyl sites for hydroxylation is 1. The molecule has 0 aliphatic carbocycles. The van der Waals surface area contributed by atoms with Crippen LogP contribution in [0.25, 0.3) is 0 Å². The van der Waals surface area contributed by atoms with Gasteiger partial charge in [0.2, 0.25) is 0 Å². The van der Waals surface area contributed by atoms with Crippen LogP contribution < -0.4 is 0 Å². The highest BCUT2D eigenvalue weighted by molar-refractivity contribution is 7.12. The number of rotatable bonds is 1. The Bertz CT molecular complexity index is 355. The predicted octanol–water partition coefficient (Wildman–Crippen LogP) is 2.20. The molecule has 2 aliphatic rings. The van der Waals surface area contributed by atoms with Crippen molar-refractivity contribution in [2.24, 2.45) is 0 Å². The molecule has 1 aromatic heterocycles. The summed E-state index contributed by atoms with van der Waals surface area (Å²) in [6.07, 6.45) is 2.45. The van der Waals surface area contributed by atoms with Gasteiger partial charge in [-0.3, -0.25) is 4.90 Å². The second-order valence-corrected chi connectivity index (χ2v) is 5.88. The van der Waals surface area contributed by atoms with Gasteiger partial charge in [0.05, 0.1) is 6.61 Å². The molecule has 1 aromatic rings. The molecular formula is C12H17NOS. The third kappa shape index (κ3) is 1.84. The predicted molar refractivity (Wildman–Crippen MR) is 62.4 cm³/mol. The van der Waals surface area contributed by atoms with E-state index < -0.39 is 0 Å². The van der Waals surface area contributed by atoms with Crippen molar-refractivity contribution in [2.75, 3.05) is 19.8 Å². The summed E-state index contributed by atoms with van der Waals surface area (Å²) in [4.78, 5) is 5.65. The van der Waals surface area contributed by atoms with Crippen molar-refractivity contribution in [3.8, 4) is 0 Å². The first kappa shape index (κ1) is 9.82. The van der Waals surface area contributed by atoms with E-state index in [1.807, 2.05) is 11.3 Å². The van der Waals surface area contributed by atoms with Crippen molar-refractivity contribution in [3.63, 3.8) is 0 Å². The van der Waals surface area contributed by atoms with E-state index in [9.17, 15) is 0 Å². The topological polar surface area (TPSA) is 12.5 Å². The van der Waals surface area contributed by atoms with Crippen LogP contribution in [0.15, 0.2) is 6.07 Å². The second kappa shape index (κ2) is 3.89. The summed E-state index contributed by atoms with van der Waals surface area (Å²) in [5, 5.41) is 0. The van der Waals surface area contributed by atoms with Crippen molar-refractivity contribution in [2.45, 2.75) is 32.4 Å². The summed E-state index contributed by atoms with van der Waals surface area (Å²) in [5.41, 5.74) is 1.59. The number of fused-ring (bicyclic) bond motifs is 1. The minimum atomic E-state index is 0.681. The Morgan fingerprint density at radius 3 is 3.27 bits per heavy atom. The smallest absolute Gasteiger partial charge is 0.0622 e. The Labute approximate surface area is 94.9 Å². The van der Waals surface area contributed by atoms with Crippen LogP contribution >= 0.6 is 11.3 Å². The first-order chi connectivity index (χ1) is 7.33. The lowest BCUT2D eigenvalue weighted by atomic mass is 10.1. The maximum Gasteiger partial charge on any atom is 0.0622 e. The average molecular weight is 223 g/mol. The largest absolute Gasteiger partial charge is 0.380 e. The zero-order chi connectivity index (χ0) is 10.3. The van der Waals surface area contributed by atoms with Crippen molar-refractivity contribution < 1.29 is 4.74 Å². The van der Waals surface area contributed by atoms with E-state index in [2.05, 4.69) is 17.9 Å². The third-order valence-corrected chi connectivity index (χ3v) is 4.53. The SMILES string of the molecule is Cc1cc2c(s1)CN(C1CCOC1)CC2. The zero-order valence-corrected chi connectivity index (χ0v) is 9.98. The Morgan fingerprint density at radius 1 is 1.53 bits per heavy atom. The van der Waals surface area contributed by atoms with Crippen molar-refractivity contribution in [1.82, 2.24) is 4.90 Å². The fraction of sp³-hybridized carbons (Fsp3) is 0.667. The molecule has 0 amide bonds. The van der Waals surface area contributed by atoms with Gasteiger partial charge in [-0.05, 0) is 31.4 Å². The molecule has 0 bridgehead atoms. The van der Waals surface area contributed by atoms with E-state index in [0.29, 0.717) is 6.04 Å². The molecule has 1 saturated heterocycles. The fourth-order valence-electron chi connectivity index (χ4n) is 2.61. The van der Waals surface area contributed by atoms with Gasteiger partial charge in [0, 0.05) is 35.5 Å². The number of thiophene rings is 1. The normalized spacial score (nSPS) is 26.9. The molecule has 0 spiro atoms. The first-order valence-corrected chi connectivity index (χ1v) is 6.54. The Balaban J connectivity index is 1.76. The summed E-state index contributed by atoms with van der Waals surface area (Å²) < 4.78 is 5.47. The molecule has 2 aliphatic heterocycles. The molecule has 15 heavy (non-hydrogen) atoms. The molecular weight excluding hydrogens is 206 g/mol. The number of hydrogen-bond acceptors (Lipinski definition) is 3. The number of hydrogen-bond donors (Lipinski definition) is 0. The second-order valence-electron chi connectivity index (χ2n) is 4.54.